The average molecular weight is 192 g/mol. The van der Waals surface area contributed by atoms with Crippen molar-refractivity contribution in [2.24, 2.45) is 0 Å². The first-order valence-electron chi connectivity index (χ1n) is 4.26. The van der Waals surface area contributed by atoms with E-state index in [0.717, 1.165) is 24.6 Å². The summed E-state index contributed by atoms with van der Waals surface area (Å²) >= 11 is 0. The van der Waals surface area contributed by atoms with Crippen molar-refractivity contribution in [1.82, 2.24) is 9.78 Å². The third-order valence-electron chi connectivity index (χ3n) is 1.63. The van der Waals surface area contributed by atoms with Crippen LogP contribution in [0.1, 0.15) is 12.0 Å². The lowest BCUT2D eigenvalue weighted by Crippen LogP contribution is -1.95. The monoisotopic (exact) mass is 192 g/mol. The van der Waals surface area contributed by atoms with Crippen molar-refractivity contribution >= 4 is 12.0 Å². The maximum Gasteiger partial charge on any atom is 0.328 e. The summed E-state index contributed by atoms with van der Waals surface area (Å²) in [5.74, 6) is -0.955. The van der Waals surface area contributed by atoms with E-state index >= 15 is 0 Å². The van der Waals surface area contributed by atoms with Crippen molar-refractivity contribution in [3.05, 3.63) is 36.7 Å². The number of aromatic nitrogens is 2. The van der Waals surface area contributed by atoms with E-state index in [1.165, 1.54) is 6.08 Å². The highest BCUT2D eigenvalue weighted by Gasteiger charge is 1.94. The van der Waals surface area contributed by atoms with E-state index in [2.05, 4.69) is 11.7 Å². The normalized spacial score (nSPS) is 10.6. The van der Waals surface area contributed by atoms with Crippen LogP contribution in [-0.4, -0.2) is 20.9 Å². The molecule has 1 rings (SSSR count). The summed E-state index contributed by atoms with van der Waals surface area (Å²) in [7, 11) is 0. The van der Waals surface area contributed by atoms with Crippen molar-refractivity contribution < 1.29 is 9.90 Å². The van der Waals surface area contributed by atoms with Crippen LogP contribution in [0, 0.1) is 0 Å². The summed E-state index contributed by atoms with van der Waals surface area (Å²) in [5, 5.41) is 12.5. The van der Waals surface area contributed by atoms with Gasteiger partial charge in [0.1, 0.15) is 0 Å². The Labute approximate surface area is 82.2 Å². The summed E-state index contributed by atoms with van der Waals surface area (Å²) in [6, 6.07) is 0. The van der Waals surface area contributed by atoms with Crippen LogP contribution in [0.2, 0.25) is 0 Å². The molecule has 0 aliphatic heterocycles. The lowest BCUT2D eigenvalue weighted by atomic mass is 10.3. The molecule has 1 N–H and O–H groups in total. The van der Waals surface area contributed by atoms with Crippen molar-refractivity contribution in [1.29, 1.82) is 0 Å². The Morgan fingerprint density at radius 3 is 3.14 bits per heavy atom. The molecule has 0 amide bonds. The predicted octanol–water partition coefficient (Wildman–Crippen LogP) is 1.56. The van der Waals surface area contributed by atoms with Crippen LogP contribution in [0.15, 0.2) is 31.1 Å². The number of allylic oxidation sites excluding steroid dienone is 1. The lowest BCUT2D eigenvalue weighted by Gasteiger charge is -1.94. The summed E-state index contributed by atoms with van der Waals surface area (Å²) in [4.78, 5) is 10.2. The Bertz CT molecular complexity index is 353. The molecule has 0 atom stereocenters. The topological polar surface area (TPSA) is 55.1 Å². The molecule has 0 spiro atoms. The highest BCUT2D eigenvalue weighted by molar-refractivity contribution is 5.85. The minimum absolute atomic E-state index is 0.768. The Morgan fingerprint density at radius 1 is 1.71 bits per heavy atom. The zero-order valence-electron chi connectivity index (χ0n) is 7.76. The maximum absolute atomic E-state index is 10.2. The predicted molar refractivity (Wildman–Crippen MR) is 53.7 cm³/mol. The molecule has 74 valence electrons. The van der Waals surface area contributed by atoms with Gasteiger partial charge in [-0.25, -0.2) is 4.79 Å². The van der Waals surface area contributed by atoms with E-state index in [1.807, 2.05) is 6.08 Å². The second-order valence-electron chi connectivity index (χ2n) is 2.79. The number of aryl methyl sites for hydroxylation is 1. The van der Waals surface area contributed by atoms with Crippen LogP contribution in [-0.2, 0) is 11.3 Å². The Balaban J connectivity index is 2.58. The molecule has 0 aliphatic rings. The minimum Gasteiger partial charge on any atom is -0.478 e. The molecule has 4 nitrogen and oxygen atoms in total. The molecule has 0 aliphatic carbocycles. The van der Waals surface area contributed by atoms with Gasteiger partial charge in [0.25, 0.3) is 0 Å². The van der Waals surface area contributed by atoms with Gasteiger partial charge in [-0.2, -0.15) is 5.10 Å². The molecule has 0 fully saturated rings. The molecule has 0 unspecified atom stereocenters. The smallest absolute Gasteiger partial charge is 0.328 e. The number of nitrogens with zero attached hydrogens (tertiary/aromatic N) is 2. The highest BCUT2D eigenvalue weighted by Crippen LogP contribution is 2.01. The van der Waals surface area contributed by atoms with Gasteiger partial charge in [0.15, 0.2) is 0 Å². The fourth-order valence-electron chi connectivity index (χ4n) is 0.979. The Hall–Kier alpha value is -1.84. The van der Waals surface area contributed by atoms with Crippen molar-refractivity contribution in [2.45, 2.75) is 13.0 Å². The fourth-order valence-corrected chi connectivity index (χ4v) is 0.979. The summed E-state index contributed by atoms with van der Waals surface area (Å²) in [5.41, 5.74) is 0.788. The molecule has 0 saturated heterocycles. The molecular weight excluding hydrogens is 180 g/mol. The number of aliphatic carboxylic acids is 1. The largest absolute Gasteiger partial charge is 0.478 e. The van der Waals surface area contributed by atoms with E-state index in [9.17, 15) is 4.79 Å². The van der Waals surface area contributed by atoms with Crippen LogP contribution in [0.4, 0.5) is 0 Å². The second kappa shape index (κ2) is 5.01. The van der Waals surface area contributed by atoms with Gasteiger partial charge in [-0.3, -0.25) is 4.68 Å². The molecular formula is C10H12N2O2. The maximum atomic E-state index is 10.2. The number of hydrogen-bond acceptors (Lipinski definition) is 2. The molecule has 1 aromatic rings. The third kappa shape index (κ3) is 3.26. The lowest BCUT2D eigenvalue weighted by molar-refractivity contribution is -0.131. The zero-order valence-corrected chi connectivity index (χ0v) is 7.76. The first kappa shape index (κ1) is 10.2. The number of hydrogen-bond donors (Lipinski definition) is 1. The van der Waals surface area contributed by atoms with Crippen molar-refractivity contribution in [3.63, 3.8) is 0 Å². The van der Waals surface area contributed by atoms with Gasteiger partial charge < -0.3 is 5.11 Å². The minimum atomic E-state index is -0.955. The van der Waals surface area contributed by atoms with Crippen LogP contribution in [0.5, 0.6) is 0 Å². The summed E-state index contributed by atoms with van der Waals surface area (Å²) in [6.07, 6.45) is 8.69. The molecule has 4 heteroatoms. The van der Waals surface area contributed by atoms with E-state index in [0.29, 0.717) is 0 Å². The van der Waals surface area contributed by atoms with Gasteiger partial charge >= 0.3 is 5.97 Å². The van der Waals surface area contributed by atoms with Crippen molar-refractivity contribution in [3.8, 4) is 0 Å². The third-order valence-corrected chi connectivity index (χ3v) is 1.63. The van der Waals surface area contributed by atoms with E-state index in [-0.39, 0.29) is 0 Å². The van der Waals surface area contributed by atoms with Gasteiger partial charge in [-0.05, 0) is 12.5 Å². The molecule has 1 aromatic heterocycles. The van der Waals surface area contributed by atoms with E-state index < -0.39 is 5.97 Å². The Kier molecular flexibility index (Phi) is 3.67. The average Bonchev–Trinajstić information content (AvgIpc) is 2.59. The number of carbonyl (C=O) groups is 1. The molecule has 1 heterocycles. The van der Waals surface area contributed by atoms with Crippen LogP contribution >= 0.6 is 0 Å². The van der Waals surface area contributed by atoms with Gasteiger partial charge in [0, 0.05) is 24.4 Å². The van der Waals surface area contributed by atoms with Crippen LogP contribution in [0.25, 0.3) is 6.08 Å². The first-order valence-corrected chi connectivity index (χ1v) is 4.26. The number of carboxylic acids is 1. The molecule has 0 bridgehead atoms. The fraction of sp³-hybridized carbons (Fsp3) is 0.200. The standard InChI is InChI=1S/C10H12N2O2/c1-2-3-6-12-8-9(7-11-12)4-5-10(13)14/h2,4-5,7-8H,1,3,6H2,(H,13,14)/b5-4+. The van der Waals surface area contributed by atoms with Gasteiger partial charge in [0.2, 0.25) is 0 Å². The summed E-state index contributed by atoms with van der Waals surface area (Å²) < 4.78 is 1.75. The first-order chi connectivity index (χ1) is 6.72. The Morgan fingerprint density at radius 2 is 2.50 bits per heavy atom. The van der Waals surface area contributed by atoms with E-state index in [4.69, 9.17) is 5.11 Å². The van der Waals surface area contributed by atoms with Gasteiger partial charge in [-0.1, -0.05) is 6.08 Å². The van der Waals surface area contributed by atoms with Crippen molar-refractivity contribution in [2.75, 3.05) is 0 Å². The highest BCUT2D eigenvalue weighted by atomic mass is 16.4. The molecule has 0 aromatic carbocycles. The number of rotatable bonds is 5. The quantitative estimate of drug-likeness (QED) is 0.569. The van der Waals surface area contributed by atoms with Gasteiger partial charge in [0.05, 0.1) is 6.20 Å². The zero-order chi connectivity index (χ0) is 10.4. The van der Waals surface area contributed by atoms with Crippen LogP contribution < -0.4 is 0 Å². The molecule has 0 radical (unpaired) electrons. The molecule has 0 saturated carbocycles. The SMILES string of the molecule is C=CCCn1cc(/C=C/C(=O)O)cn1. The number of carboxylic acid groups (broad SMARTS) is 1. The summed E-state index contributed by atoms with van der Waals surface area (Å²) in [6.45, 7) is 4.38. The van der Waals surface area contributed by atoms with Gasteiger partial charge in [-0.15, -0.1) is 6.58 Å². The molecule has 14 heavy (non-hydrogen) atoms. The second-order valence-corrected chi connectivity index (χ2v) is 2.79. The van der Waals surface area contributed by atoms with E-state index in [1.54, 1.807) is 17.1 Å². The van der Waals surface area contributed by atoms with Crippen LogP contribution in [0.3, 0.4) is 0 Å².